The molecule has 1 aromatic rings. The number of anilines is 2. The Hall–Kier alpha value is -2.28. The van der Waals surface area contributed by atoms with Crippen molar-refractivity contribution in [3.05, 3.63) is 23.8 Å². The van der Waals surface area contributed by atoms with Crippen molar-refractivity contribution in [2.75, 3.05) is 36.8 Å². The Bertz CT molecular complexity index is 632. The smallest absolute Gasteiger partial charge is 0.253 e. The molecule has 144 valence electrons. The second kappa shape index (κ2) is 9.43. The van der Waals surface area contributed by atoms with Crippen molar-refractivity contribution < 1.29 is 9.59 Å². The molecule has 7 heteroatoms. The lowest BCUT2D eigenvalue weighted by Gasteiger charge is -2.26. The first-order valence-corrected chi connectivity index (χ1v) is 9.36. The number of carbonyl (C=O) groups excluding carboxylic acids is 2. The second-order valence-electron chi connectivity index (χ2n) is 7.04. The maximum Gasteiger partial charge on any atom is 0.253 e. The molecule has 1 aliphatic heterocycles. The molecule has 1 atom stereocenters. The summed E-state index contributed by atoms with van der Waals surface area (Å²) in [6, 6.07) is 6.01. The van der Waals surface area contributed by atoms with Crippen LogP contribution >= 0.6 is 0 Å². The van der Waals surface area contributed by atoms with E-state index in [-0.39, 0.29) is 24.4 Å². The van der Waals surface area contributed by atoms with Gasteiger partial charge in [-0.05, 0) is 51.4 Å². The van der Waals surface area contributed by atoms with Gasteiger partial charge in [0.1, 0.15) is 0 Å². The van der Waals surface area contributed by atoms with E-state index in [1.54, 1.807) is 6.07 Å². The van der Waals surface area contributed by atoms with E-state index in [1.807, 2.05) is 26.0 Å². The van der Waals surface area contributed by atoms with Gasteiger partial charge in [0.15, 0.2) is 0 Å². The van der Waals surface area contributed by atoms with Gasteiger partial charge in [0.05, 0.1) is 12.1 Å². The Labute approximate surface area is 155 Å². The second-order valence-corrected chi connectivity index (χ2v) is 7.04. The van der Waals surface area contributed by atoms with Crippen molar-refractivity contribution in [2.45, 2.75) is 45.7 Å². The van der Waals surface area contributed by atoms with Crippen molar-refractivity contribution in [3.63, 3.8) is 0 Å². The van der Waals surface area contributed by atoms with Crippen LogP contribution in [0.4, 0.5) is 11.4 Å². The minimum absolute atomic E-state index is 0.0379. The van der Waals surface area contributed by atoms with E-state index in [0.717, 1.165) is 38.2 Å². The van der Waals surface area contributed by atoms with E-state index in [0.29, 0.717) is 17.3 Å². The third-order valence-electron chi connectivity index (χ3n) is 4.48. The molecule has 7 nitrogen and oxygen atoms in total. The lowest BCUT2D eigenvalue weighted by atomic mass is 10.1. The zero-order valence-corrected chi connectivity index (χ0v) is 16.0. The van der Waals surface area contributed by atoms with Crippen LogP contribution in [0.25, 0.3) is 0 Å². The van der Waals surface area contributed by atoms with Crippen LogP contribution < -0.4 is 26.6 Å². The summed E-state index contributed by atoms with van der Waals surface area (Å²) in [4.78, 5) is 26.5. The number of carbonyl (C=O) groups is 2. The number of hydrogen-bond acceptors (Lipinski definition) is 5. The Balaban J connectivity index is 2.08. The van der Waals surface area contributed by atoms with Crippen molar-refractivity contribution >= 4 is 23.2 Å². The molecule has 0 radical (unpaired) electrons. The highest BCUT2D eigenvalue weighted by Crippen LogP contribution is 2.23. The molecular formula is C19H31N5O2. The van der Waals surface area contributed by atoms with Crippen LogP contribution in [0, 0.1) is 0 Å². The number of benzene rings is 1. The van der Waals surface area contributed by atoms with Gasteiger partial charge in [0, 0.05) is 36.5 Å². The molecule has 1 saturated heterocycles. The van der Waals surface area contributed by atoms with Crippen LogP contribution in [0.5, 0.6) is 0 Å². The summed E-state index contributed by atoms with van der Waals surface area (Å²) < 4.78 is 0. The zero-order chi connectivity index (χ0) is 19.1. The van der Waals surface area contributed by atoms with Crippen molar-refractivity contribution in [1.82, 2.24) is 16.0 Å². The first-order chi connectivity index (χ1) is 12.4. The van der Waals surface area contributed by atoms with Crippen LogP contribution in [-0.4, -0.2) is 50.1 Å². The molecule has 0 aromatic heterocycles. The molecule has 0 aliphatic carbocycles. The molecule has 0 saturated carbocycles. The summed E-state index contributed by atoms with van der Waals surface area (Å²) in [5.74, 6) is -0.546. The van der Waals surface area contributed by atoms with Crippen molar-refractivity contribution in [3.8, 4) is 0 Å². The summed E-state index contributed by atoms with van der Waals surface area (Å²) in [7, 11) is 0. The number of nitrogens with zero attached hydrogens (tertiary/aromatic N) is 1. The lowest BCUT2D eigenvalue weighted by molar-refractivity contribution is -0.120. The number of amides is 2. The van der Waals surface area contributed by atoms with Crippen molar-refractivity contribution in [1.29, 1.82) is 0 Å². The average molecular weight is 361 g/mol. The highest BCUT2D eigenvalue weighted by Gasteiger charge is 2.19. The average Bonchev–Trinajstić information content (AvgIpc) is 2.85. The minimum atomic E-state index is -0.330. The SMILES string of the molecule is CCC1CN(c2ccc(N)c(C(=O)NCC(=O)NC(C)C)c2)CCCN1. The number of nitrogens with one attached hydrogen (secondary N) is 3. The number of hydrogen-bond donors (Lipinski definition) is 4. The molecule has 2 rings (SSSR count). The van der Waals surface area contributed by atoms with Gasteiger partial charge < -0.3 is 26.6 Å². The van der Waals surface area contributed by atoms with Gasteiger partial charge in [-0.1, -0.05) is 6.92 Å². The van der Waals surface area contributed by atoms with Crippen LogP contribution in [0.3, 0.4) is 0 Å². The van der Waals surface area contributed by atoms with Gasteiger partial charge in [0.2, 0.25) is 5.91 Å². The molecule has 1 unspecified atom stereocenters. The summed E-state index contributed by atoms with van der Waals surface area (Å²) in [6.07, 6.45) is 2.11. The summed E-state index contributed by atoms with van der Waals surface area (Å²) in [5.41, 5.74) is 7.80. The van der Waals surface area contributed by atoms with E-state index in [2.05, 4.69) is 27.8 Å². The molecule has 2 amide bonds. The molecule has 5 N–H and O–H groups in total. The van der Waals surface area contributed by atoms with Crippen molar-refractivity contribution in [2.24, 2.45) is 0 Å². The maximum absolute atomic E-state index is 12.5. The molecule has 1 aliphatic rings. The molecule has 0 spiro atoms. The van der Waals surface area contributed by atoms with E-state index >= 15 is 0 Å². The van der Waals surface area contributed by atoms with E-state index in [9.17, 15) is 9.59 Å². The van der Waals surface area contributed by atoms with E-state index in [1.165, 1.54) is 0 Å². The monoisotopic (exact) mass is 361 g/mol. The minimum Gasteiger partial charge on any atom is -0.398 e. The molecule has 26 heavy (non-hydrogen) atoms. The van der Waals surface area contributed by atoms with Crippen LogP contribution in [0.15, 0.2) is 18.2 Å². The van der Waals surface area contributed by atoms with Gasteiger partial charge in [-0.2, -0.15) is 0 Å². The fourth-order valence-corrected chi connectivity index (χ4v) is 3.07. The normalized spacial score (nSPS) is 17.7. The Morgan fingerprint density at radius 3 is 2.85 bits per heavy atom. The predicted octanol–water partition coefficient (Wildman–Crippen LogP) is 1.10. The van der Waals surface area contributed by atoms with Gasteiger partial charge in [-0.15, -0.1) is 0 Å². The largest absolute Gasteiger partial charge is 0.398 e. The van der Waals surface area contributed by atoms with Gasteiger partial charge >= 0.3 is 0 Å². The first-order valence-electron chi connectivity index (χ1n) is 9.36. The standard InChI is InChI=1S/C19H31N5O2/c1-4-14-12-24(9-5-8-21-14)15-6-7-17(20)16(10-15)19(26)22-11-18(25)23-13(2)3/h6-7,10,13-14,21H,4-5,8-9,11-12,20H2,1-3H3,(H,22,26)(H,23,25). The zero-order valence-electron chi connectivity index (χ0n) is 16.0. The first kappa shape index (κ1) is 20.0. The molecular weight excluding hydrogens is 330 g/mol. The van der Waals surface area contributed by atoms with Gasteiger partial charge in [0.25, 0.3) is 5.91 Å². The number of nitrogen functional groups attached to an aromatic ring is 1. The number of nitrogens with two attached hydrogens (primary N) is 1. The van der Waals surface area contributed by atoms with Gasteiger partial charge in [-0.25, -0.2) is 0 Å². The van der Waals surface area contributed by atoms with Gasteiger partial charge in [-0.3, -0.25) is 9.59 Å². The summed E-state index contributed by atoms with van der Waals surface area (Å²) in [6.45, 7) is 8.70. The highest BCUT2D eigenvalue weighted by molar-refractivity contribution is 6.01. The van der Waals surface area contributed by atoms with Crippen LogP contribution in [0.1, 0.15) is 44.0 Å². The third-order valence-corrected chi connectivity index (χ3v) is 4.48. The highest BCUT2D eigenvalue weighted by atomic mass is 16.2. The Morgan fingerprint density at radius 1 is 1.38 bits per heavy atom. The Morgan fingerprint density at radius 2 is 2.15 bits per heavy atom. The fourth-order valence-electron chi connectivity index (χ4n) is 3.07. The van der Waals surface area contributed by atoms with E-state index in [4.69, 9.17) is 5.73 Å². The lowest BCUT2D eigenvalue weighted by Crippen LogP contribution is -2.40. The summed E-state index contributed by atoms with van der Waals surface area (Å²) in [5, 5.41) is 8.93. The summed E-state index contributed by atoms with van der Waals surface area (Å²) >= 11 is 0. The third kappa shape index (κ3) is 5.62. The maximum atomic E-state index is 12.5. The fraction of sp³-hybridized carbons (Fsp3) is 0.579. The molecule has 1 heterocycles. The molecule has 1 aromatic carbocycles. The van der Waals surface area contributed by atoms with Crippen LogP contribution in [0.2, 0.25) is 0 Å². The molecule has 0 bridgehead atoms. The quantitative estimate of drug-likeness (QED) is 0.569. The number of rotatable bonds is 6. The topological polar surface area (TPSA) is 99.5 Å². The van der Waals surface area contributed by atoms with E-state index < -0.39 is 0 Å². The Kier molecular flexibility index (Phi) is 7.26. The van der Waals surface area contributed by atoms with Crippen LogP contribution in [-0.2, 0) is 4.79 Å². The predicted molar refractivity (Wildman–Crippen MR) is 105 cm³/mol. The molecule has 1 fully saturated rings.